The van der Waals surface area contributed by atoms with Gasteiger partial charge in [-0.1, -0.05) is 19.1 Å². The van der Waals surface area contributed by atoms with Crippen LogP contribution < -0.4 is 0 Å². The maximum absolute atomic E-state index is 12.5. The summed E-state index contributed by atoms with van der Waals surface area (Å²) in [7, 11) is 0. The van der Waals surface area contributed by atoms with Gasteiger partial charge in [-0.25, -0.2) is 0 Å². The van der Waals surface area contributed by atoms with Gasteiger partial charge in [-0.05, 0) is 37.1 Å². The normalized spacial score (nSPS) is 24.2. The van der Waals surface area contributed by atoms with Crippen LogP contribution >= 0.6 is 0 Å². The summed E-state index contributed by atoms with van der Waals surface area (Å²) in [4.78, 5) is 32.5. The van der Waals surface area contributed by atoms with Crippen LogP contribution in [-0.2, 0) is 16.1 Å². The van der Waals surface area contributed by atoms with Crippen LogP contribution in [0.2, 0.25) is 0 Å². The average Bonchev–Trinajstić information content (AvgIpc) is 2.80. The third-order valence-electron chi connectivity index (χ3n) is 4.54. The van der Waals surface area contributed by atoms with E-state index in [2.05, 4.69) is 9.88 Å². The number of nitrogens with zero attached hydrogens (tertiary/aromatic N) is 3. The molecule has 2 heterocycles. The van der Waals surface area contributed by atoms with Crippen LogP contribution in [0.15, 0.2) is 36.7 Å². The predicted molar refractivity (Wildman–Crippen MR) is 82.4 cm³/mol. The third kappa shape index (κ3) is 2.81. The summed E-state index contributed by atoms with van der Waals surface area (Å²) in [6, 6.07) is 3.92. The largest absolute Gasteiger partial charge is 0.282 e. The molecule has 116 valence electrons. The first kappa shape index (κ1) is 14.9. The maximum atomic E-state index is 12.5. The minimum absolute atomic E-state index is 0.00692. The number of amides is 2. The Morgan fingerprint density at radius 3 is 2.27 bits per heavy atom. The van der Waals surface area contributed by atoms with Crippen molar-refractivity contribution in [3.63, 3.8) is 0 Å². The molecular formula is C17H21N3O2. The fourth-order valence-corrected chi connectivity index (χ4v) is 3.22. The molecule has 5 nitrogen and oxygen atoms in total. The Labute approximate surface area is 130 Å². The number of hydrogen-bond donors (Lipinski definition) is 0. The quantitative estimate of drug-likeness (QED) is 0.614. The summed E-state index contributed by atoms with van der Waals surface area (Å²) < 4.78 is 0. The Bertz CT molecular complexity index is 559. The minimum Gasteiger partial charge on any atom is -0.282 e. The van der Waals surface area contributed by atoms with E-state index < -0.39 is 0 Å². The Hall–Kier alpha value is -2.01. The second-order valence-electron chi connectivity index (χ2n) is 5.90. The van der Waals surface area contributed by atoms with Crippen LogP contribution in [0.5, 0.6) is 0 Å². The summed E-state index contributed by atoms with van der Waals surface area (Å²) in [6.07, 6.45) is 8.95. The Morgan fingerprint density at radius 2 is 1.73 bits per heavy atom. The van der Waals surface area contributed by atoms with E-state index in [1.807, 2.05) is 31.2 Å². The molecule has 0 spiro atoms. The smallest absolute Gasteiger partial charge is 0.234 e. The lowest BCUT2D eigenvalue weighted by Crippen LogP contribution is -2.41. The van der Waals surface area contributed by atoms with Crippen LogP contribution in [0.25, 0.3) is 0 Å². The molecule has 1 fully saturated rings. The molecule has 0 bridgehead atoms. The second kappa shape index (κ2) is 6.40. The Balaban J connectivity index is 1.68. The Kier molecular flexibility index (Phi) is 4.34. The summed E-state index contributed by atoms with van der Waals surface area (Å²) in [5.74, 6) is -0.297. The third-order valence-corrected chi connectivity index (χ3v) is 4.54. The first-order valence-electron chi connectivity index (χ1n) is 7.82. The van der Waals surface area contributed by atoms with Crippen LogP contribution in [0.1, 0.15) is 25.3 Å². The standard InChI is InChI=1S/C17H21N3O2/c1-2-19(11-13-7-9-18-10-8-13)12-20-16(21)14-5-3-4-6-15(14)17(20)22/h3-4,7-10,14-15H,2,5-6,11-12H2,1H3/t14-,15+. The number of rotatable bonds is 5. The van der Waals surface area contributed by atoms with Gasteiger partial charge in [0.05, 0.1) is 18.5 Å². The number of allylic oxidation sites excluding steroid dienone is 2. The number of carbonyl (C=O) groups excluding carboxylic acids is 2. The first-order valence-corrected chi connectivity index (χ1v) is 7.82. The van der Waals surface area contributed by atoms with Gasteiger partial charge in [0.1, 0.15) is 0 Å². The molecule has 1 saturated heterocycles. The van der Waals surface area contributed by atoms with Gasteiger partial charge in [0.2, 0.25) is 11.8 Å². The molecule has 22 heavy (non-hydrogen) atoms. The van der Waals surface area contributed by atoms with Gasteiger partial charge in [-0.3, -0.25) is 24.4 Å². The van der Waals surface area contributed by atoms with Crippen molar-refractivity contribution in [3.05, 3.63) is 42.2 Å². The highest BCUT2D eigenvalue weighted by Crippen LogP contribution is 2.35. The van der Waals surface area contributed by atoms with Crippen molar-refractivity contribution in [2.75, 3.05) is 13.2 Å². The molecule has 0 N–H and O–H groups in total. The Morgan fingerprint density at radius 1 is 1.14 bits per heavy atom. The van der Waals surface area contributed by atoms with E-state index in [1.54, 1.807) is 12.4 Å². The fourth-order valence-electron chi connectivity index (χ4n) is 3.22. The van der Waals surface area contributed by atoms with Crippen LogP contribution in [0.4, 0.5) is 0 Å². The molecule has 1 aromatic rings. The van der Waals surface area contributed by atoms with Gasteiger partial charge in [0.25, 0.3) is 0 Å². The monoisotopic (exact) mass is 299 g/mol. The zero-order valence-electron chi connectivity index (χ0n) is 12.8. The number of fused-ring (bicyclic) bond motifs is 1. The van der Waals surface area contributed by atoms with Crippen LogP contribution in [0, 0.1) is 11.8 Å². The van der Waals surface area contributed by atoms with E-state index in [-0.39, 0.29) is 23.7 Å². The highest BCUT2D eigenvalue weighted by molar-refractivity contribution is 6.05. The van der Waals surface area contributed by atoms with Gasteiger partial charge in [0, 0.05) is 18.9 Å². The van der Waals surface area contributed by atoms with Gasteiger partial charge in [-0.2, -0.15) is 0 Å². The number of carbonyl (C=O) groups is 2. The predicted octanol–water partition coefficient (Wildman–Crippen LogP) is 1.81. The fraction of sp³-hybridized carbons (Fsp3) is 0.471. The molecule has 0 aromatic carbocycles. The number of pyridine rings is 1. The molecule has 1 aliphatic heterocycles. The summed E-state index contributed by atoms with van der Waals surface area (Å²) in [5, 5.41) is 0. The van der Waals surface area contributed by atoms with Gasteiger partial charge >= 0.3 is 0 Å². The van der Waals surface area contributed by atoms with E-state index >= 15 is 0 Å². The van der Waals surface area contributed by atoms with E-state index in [0.717, 1.165) is 12.1 Å². The zero-order chi connectivity index (χ0) is 15.5. The number of aromatic nitrogens is 1. The van der Waals surface area contributed by atoms with Gasteiger partial charge < -0.3 is 0 Å². The molecular weight excluding hydrogens is 278 g/mol. The average molecular weight is 299 g/mol. The molecule has 5 heteroatoms. The lowest BCUT2D eigenvalue weighted by Gasteiger charge is -2.25. The van der Waals surface area contributed by atoms with Crippen molar-refractivity contribution >= 4 is 11.8 Å². The highest BCUT2D eigenvalue weighted by Gasteiger charge is 2.47. The first-order chi connectivity index (χ1) is 10.7. The van der Waals surface area contributed by atoms with E-state index in [9.17, 15) is 9.59 Å². The van der Waals surface area contributed by atoms with Gasteiger partial charge in [0.15, 0.2) is 0 Å². The number of imide groups is 1. The second-order valence-corrected chi connectivity index (χ2v) is 5.90. The molecule has 1 aliphatic carbocycles. The summed E-state index contributed by atoms with van der Waals surface area (Å²) >= 11 is 0. The summed E-state index contributed by atoms with van der Waals surface area (Å²) in [6.45, 7) is 3.92. The number of hydrogen-bond acceptors (Lipinski definition) is 4. The highest BCUT2D eigenvalue weighted by atomic mass is 16.2. The molecule has 3 rings (SSSR count). The van der Waals surface area contributed by atoms with Gasteiger partial charge in [-0.15, -0.1) is 0 Å². The molecule has 0 radical (unpaired) electrons. The molecule has 2 atom stereocenters. The topological polar surface area (TPSA) is 53.5 Å². The van der Waals surface area contributed by atoms with Crippen molar-refractivity contribution in [2.45, 2.75) is 26.3 Å². The minimum atomic E-state index is -0.142. The van der Waals surface area contributed by atoms with Crippen molar-refractivity contribution in [1.82, 2.24) is 14.8 Å². The SMILES string of the molecule is CCN(Cc1ccncc1)CN1C(=O)[C@H]2CC=CC[C@H]2C1=O. The van der Waals surface area contributed by atoms with E-state index in [1.165, 1.54) is 4.90 Å². The lowest BCUT2D eigenvalue weighted by atomic mass is 9.85. The molecule has 0 saturated carbocycles. The number of likely N-dealkylation sites (tertiary alicyclic amines) is 1. The molecule has 2 amide bonds. The van der Waals surface area contributed by atoms with Crippen molar-refractivity contribution in [3.8, 4) is 0 Å². The molecule has 1 aromatic heterocycles. The van der Waals surface area contributed by atoms with E-state index in [0.29, 0.717) is 26.1 Å². The van der Waals surface area contributed by atoms with Crippen LogP contribution in [0.3, 0.4) is 0 Å². The van der Waals surface area contributed by atoms with E-state index in [4.69, 9.17) is 0 Å². The lowest BCUT2D eigenvalue weighted by molar-refractivity contribution is -0.142. The molecule has 2 aliphatic rings. The van der Waals surface area contributed by atoms with Crippen molar-refractivity contribution in [2.24, 2.45) is 11.8 Å². The summed E-state index contributed by atoms with van der Waals surface area (Å²) in [5.41, 5.74) is 1.13. The zero-order valence-corrected chi connectivity index (χ0v) is 12.8. The maximum Gasteiger partial charge on any atom is 0.234 e. The van der Waals surface area contributed by atoms with Crippen molar-refractivity contribution < 1.29 is 9.59 Å². The molecule has 0 unspecified atom stereocenters. The van der Waals surface area contributed by atoms with Crippen LogP contribution in [-0.4, -0.2) is 39.8 Å². The van der Waals surface area contributed by atoms with Crippen molar-refractivity contribution in [1.29, 1.82) is 0 Å².